The third-order valence-corrected chi connectivity index (χ3v) is 7.22. The third-order valence-electron chi connectivity index (χ3n) is 7.22. The van der Waals surface area contributed by atoms with Crippen molar-refractivity contribution in [1.82, 2.24) is 0 Å². The number of methoxy groups -OCH3 is 1. The number of hydrogen-bond acceptors (Lipinski definition) is 12. The smallest absolute Gasteiger partial charge is 0.202 e. The molecule has 2 aromatic carbocycles. The standard InChI is InChI=1S/C26H25NO11/c1-36-14-4-2-3-10-18(14)24(33)21-20(22(10)31)23(32)11-6-26(35,16(30)8-28)7-15(19(11)25(21)34)38-17-5-12(27)13(29)9-37-17/h2-4,9,12,15,17,28-29,32,34-35H,5-8,27H2,1H3/t12?,15-,17?,26?/m0/s1. The summed E-state index contributed by atoms with van der Waals surface area (Å²) in [6.45, 7) is -1.03. The first-order chi connectivity index (χ1) is 18.0. The molecular formula is C26H25NO11. The zero-order valence-electron chi connectivity index (χ0n) is 20.1. The first-order valence-electron chi connectivity index (χ1n) is 11.7. The quantitative estimate of drug-likeness (QED) is 0.253. The van der Waals surface area contributed by atoms with Crippen LogP contribution in [0.25, 0.3) is 0 Å². The molecular weight excluding hydrogens is 502 g/mol. The molecule has 0 aromatic heterocycles. The Hall–Kier alpha value is -3.97. The molecule has 12 heteroatoms. The SMILES string of the molecule is COc1cccc2c1C(=O)c1c(O)c3c(c(O)c1C2=O)CC(O)(C(=O)CO)C[C@@H]3OC1CC(N)C(O)=CO1. The minimum absolute atomic E-state index is 0.0415. The highest BCUT2D eigenvalue weighted by molar-refractivity contribution is 6.31. The third kappa shape index (κ3) is 3.72. The molecule has 3 unspecified atom stereocenters. The van der Waals surface area contributed by atoms with E-state index in [9.17, 15) is 39.9 Å². The molecule has 1 heterocycles. The minimum atomic E-state index is -2.25. The summed E-state index contributed by atoms with van der Waals surface area (Å²) in [5.74, 6) is -4.06. The fraction of sp³-hybridized carbons (Fsp3) is 0.346. The number of ether oxygens (including phenoxy) is 3. The summed E-state index contributed by atoms with van der Waals surface area (Å²) in [5.41, 5.74) is 2.14. The molecule has 0 fully saturated rings. The average molecular weight is 527 g/mol. The highest BCUT2D eigenvalue weighted by Crippen LogP contribution is 2.52. The molecule has 3 aliphatic rings. The van der Waals surface area contributed by atoms with Crippen molar-refractivity contribution >= 4 is 17.3 Å². The number of carbonyl (C=O) groups is 3. The van der Waals surface area contributed by atoms with Crippen molar-refractivity contribution in [2.75, 3.05) is 13.7 Å². The van der Waals surface area contributed by atoms with E-state index in [1.807, 2.05) is 0 Å². The Morgan fingerprint density at radius 2 is 1.84 bits per heavy atom. The maximum atomic E-state index is 13.6. The van der Waals surface area contributed by atoms with Gasteiger partial charge >= 0.3 is 0 Å². The van der Waals surface area contributed by atoms with E-state index < -0.39 is 83.5 Å². The van der Waals surface area contributed by atoms with Gasteiger partial charge < -0.3 is 45.5 Å². The van der Waals surface area contributed by atoms with Crippen LogP contribution in [0.3, 0.4) is 0 Å². The number of carbonyl (C=O) groups excluding carboxylic acids is 3. The number of phenols is 2. The van der Waals surface area contributed by atoms with Crippen LogP contribution in [-0.2, 0) is 20.7 Å². The van der Waals surface area contributed by atoms with Crippen LogP contribution < -0.4 is 10.5 Å². The number of benzene rings is 2. The Morgan fingerprint density at radius 3 is 2.50 bits per heavy atom. The molecule has 4 atom stereocenters. The normalized spacial score (nSPS) is 26.0. The molecule has 1 aliphatic heterocycles. The Morgan fingerprint density at radius 1 is 1.13 bits per heavy atom. The van der Waals surface area contributed by atoms with E-state index in [0.29, 0.717) is 0 Å². The zero-order valence-corrected chi connectivity index (χ0v) is 20.1. The number of Topliss-reactive ketones (excluding diaryl/α,β-unsaturated/α-hetero) is 1. The highest BCUT2D eigenvalue weighted by atomic mass is 16.7. The van der Waals surface area contributed by atoms with E-state index in [4.69, 9.17) is 19.9 Å². The van der Waals surface area contributed by atoms with Gasteiger partial charge in [-0.2, -0.15) is 0 Å². The van der Waals surface area contributed by atoms with Gasteiger partial charge in [0, 0.05) is 36.0 Å². The molecule has 2 aliphatic carbocycles. The largest absolute Gasteiger partial charge is 0.507 e. The van der Waals surface area contributed by atoms with E-state index in [-0.39, 0.29) is 40.2 Å². The summed E-state index contributed by atoms with van der Waals surface area (Å²) in [7, 11) is 1.32. The number of ketones is 3. The highest BCUT2D eigenvalue weighted by Gasteiger charge is 2.49. The Kier molecular flexibility index (Phi) is 6.15. The molecule has 0 amide bonds. The Labute approximate surface area is 215 Å². The number of aromatic hydroxyl groups is 2. The zero-order chi connectivity index (χ0) is 27.5. The van der Waals surface area contributed by atoms with Gasteiger partial charge in [-0.05, 0) is 6.07 Å². The molecule has 0 spiro atoms. The van der Waals surface area contributed by atoms with E-state index in [1.165, 1.54) is 25.3 Å². The lowest BCUT2D eigenvalue weighted by atomic mass is 9.72. The van der Waals surface area contributed by atoms with Crippen LogP contribution in [0.5, 0.6) is 17.2 Å². The molecule has 2 aromatic rings. The van der Waals surface area contributed by atoms with Gasteiger partial charge in [0.25, 0.3) is 0 Å². The number of aliphatic hydroxyl groups is 3. The number of phenolic OH excluding ortho intramolecular Hbond substituents is 2. The number of aliphatic hydroxyl groups excluding tert-OH is 2. The molecule has 12 nitrogen and oxygen atoms in total. The summed E-state index contributed by atoms with van der Waals surface area (Å²) in [6, 6.07) is 3.50. The van der Waals surface area contributed by atoms with Crippen molar-refractivity contribution < 1.29 is 54.1 Å². The number of rotatable bonds is 5. The summed E-state index contributed by atoms with van der Waals surface area (Å²) >= 11 is 0. The second kappa shape index (κ2) is 9.10. The number of nitrogens with two attached hydrogens (primary N) is 1. The summed E-state index contributed by atoms with van der Waals surface area (Å²) in [4.78, 5) is 39.6. The van der Waals surface area contributed by atoms with E-state index in [0.717, 1.165) is 6.26 Å². The van der Waals surface area contributed by atoms with Gasteiger partial charge in [-0.15, -0.1) is 0 Å². The predicted octanol–water partition coefficient (Wildman–Crippen LogP) is 0.651. The average Bonchev–Trinajstić information content (AvgIpc) is 2.90. The molecule has 0 saturated heterocycles. The van der Waals surface area contributed by atoms with E-state index >= 15 is 0 Å². The lowest BCUT2D eigenvalue weighted by molar-refractivity contribution is -0.180. The van der Waals surface area contributed by atoms with Crippen molar-refractivity contribution in [3.05, 3.63) is 63.6 Å². The van der Waals surface area contributed by atoms with Crippen LogP contribution in [0.4, 0.5) is 0 Å². The van der Waals surface area contributed by atoms with Crippen LogP contribution in [0.2, 0.25) is 0 Å². The van der Waals surface area contributed by atoms with E-state index in [1.54, 1.807) is 0 Å². The van der Waals surface area contributed by atoms with Gasteiger partial charge in [0.2, 0.25) is 12.1 Å². The lowest BCUT2D eigenvalue weighted by Crippen LogP contribution is -2.48. The molecule has 7 N–H and O–H groups in total. The van der Waals surface area contributed by atoms with Gasteiger partial charge in [0.15, 0.2) is 11.6 Å². The predicted molar refractivity (Wildman–Crippen MR) is 127 cm³/mol. The summed E-state index contributed by atoms with van der Waals surface area (Å²) in [5, 5.41) is 53.1. The number of hydrogen-bond donors (Lipinski definition) is 6. The molecule has 0 saturated carbocycles. The molecule has 0 radical (unpaired) electrons. The van der Waals surface area contributed by atoms with Gasteiger partial charge in [-0.25, -0.2) is 0 Å². The number of fused-ring (bicyclic) bond motifs is 3. The van der Waals surface area contributed by atoms with Crippen LogP contribution in [0.15, 0.2) is 30.2 Å². The first-order valence-corrected chi connectivity index (χ1v) is 11.7. The Bertz CT molecular complexity index is 1410. The minimum Gasteiger partial charge on any atom is -0.507 e. The fourth-order valence-electron chi connectivity index (χ4n) is 5.28. The molecule has 0 bridgehead atoms. The van der Waals surface area contributed by atoms with Crippen LogP contribution >= 0.6 is 0 Å². The van der Waals surface area contributed by atoms with Crippen LogP contribution in [-0.4, -0.2) is 74.5 Å². The van der Waals surface area contributed by atoms with Crippen LogP contribution in [0.1, 0.15) is 61.9 Å². The summed E-state index contributed by atoms with van der Waals surface area (Å²) < 4.78 is 16.5. The van der Waals surface area contributed by atoms with Gasteiger partial charge in [0.1, 0.15) is 41.5 Å². The molecule has 5 rings (SSSR count). The fourth-order valence-corrected chi connectivity index (χ4v) is 5.28. The van der Waals surface area contributed by atoms with Crippen LogP contribution in [0, 0.1) is 0 Å². The van der Waals surface area contributed by atoms with Crippen molar-refractivity contribution in [2.45, 2.75) is 43.3 Å². The van der Waals surface area contributed by atoms with Crippen molar-refractivity contribution in [3.63, 3.8) is 0 Å². The second-order valence-electron chi connectivity index (χ2n) is 9.45. The maximum absolute atomic E-state index is 13.6. The second-order valence-corrected chi connectivity index (χ2v) is 9.45. The van der Waals surface area contributed by atoms with E-state index in [2.05, 4.69) is 0 Å². The van der Waals surface area contributed by atoms with Crippen molar-refractivity contribution in [1.29, 1.82) is 0 Å². The monoisotopic (exact) mass is 527 g/mol. The van der Waals surface area contributed by atoms with Gasteiger partial charge in [-0.3, -0.25) is 14.4 Å². The lowest BCUT2D eigenvalue weighted by Gasteiger charge is -2.40. The maximum Gasteiger partial charge on any atom is 0.202 e. The van der Waals surface area contributed by atoms with Crippen molar-refractivity contribution in [2.24, 2.45) is 5.73 Å². The van der Waals surface area contributed by atoms with Gasteiger partial charge in [0.05, 0.1) is 35.9 Å². The van der Waals surface area contributed by atoms with Gasteiger partial charge in [-0.1, -0.05) is 12.1 Å². The molecule has 38 heavy (non-hydrogen) atoms. The van der Waals surface area contributed by atoms with Crippen molar-refractivity contribution in [3.8, 4) is 17.2 Å². The molecule has 200 valence electrons. The topological polar surface area (TPSA) is 206 Å². The Balaban J connectivity index is 1.70. The summed E-state index contributed by atoms with van der Waals surface area (Å²) in [6.07, 6.45) is -2.60. The first kappa shape index (κ1) is 25.7.